The number of halogens is 1. The van der Waals surface area contributed by atoms with Crippen LogP contribution in [-0.2, 0) is 9.59 Å². The number of methoxy groups -OCH3 is 1. The van der Waals surface area contributed by atoms with Gasteiger partial charge in [0, 0.05) is 28.6 Å². The Morgan fingerprint density at radius 1 is 1.08 bits per heavy atom. The maximum Gasteiger partial charge on any atom is 0.256 e. The van der Waals surface area contributed by atoms with Gasteiger partial charge in [0.1, 0.15) is 11.9 Å². The molecule has 38 heavy (non-hydrogen) atoms. The van der Waals surface area contributed by atoms with Crippen molar-refractivity contribution in [1.82, 2.24) is 0 Å². The molecule has 0 aliphatic carbocycles. The number of rotatable bonds is 7. The van der Waals surface area contributed by atoms with Crippen LogP contribution in [0.4, 0.5) is 5.69 Å². The Balaban J connectivity index is 1.50. The number of aliphatic hydroxyl groups excluding tert-OH is 1. The van der Waals surface area contributed by atoms with Crippen LogP contribution in [0, 0.1) is 5.92 Å². The fourth-order valence-corrected chi connectivity index (χ4v) is 5.29. The molecule has 0 saturated heterocycles. The Morgan fingerprint density at radius 2 is 1.79 bits per heavy atom. The Kier molecular flexibility index (Phi) is 7.06. The van der Waals surface area contributed by atoms with E-state index in [4.69, 9.17) is 21.1 Å². The summed E-state index contributed by atoms with van der Waals surface area (Å²) in [6.07, 6.45) is -1.23. The highest BCUT2D eigenvalue weighted by molar-refractivity contribution is 6.30. The smallest absolute Gasteiger partial charge is 0.256 e. The molecule has 1 amide bonds. The summed E-state index contributed by atoms with van der Waals surface area (Å²) in [6, 6.07) is 21.5. The van der Waals surface area contributed by atoms with E-state index < -0.39 is 17.9 Å². The number of hydrazone groups is 1. The number of ketones is 1. The van der Waals surface area contributed by atoms with Gasteiger partial charge in [-0.25, -0.2) is 5.01 Å². The summed E-state index contributed by atoms with van der Waals surface area (Å²) >= 11 is 6.14. The first-order valence-electron chi connectivity index (χ1n) is 12.3. The van der Waals surface area contributed by atoms with Gasteiger partial charge >= 0.3 is 0 Å². The highest BCUT2D eigenvalue weighted by atomic mass is 35.5. The number of nitrogens with zero attached hydrogens (tertiary/aromatic N) is 2. The number of Topliss-reactive ketones (excluding diaryl/α,β-unsaturated/α-hetero) is 1. The zero-order valence-electron chi connectivity index (χ0n) is 21.2. The number of amides is 1. The number of aliphatic hydroxyl groups is 1. The van der Waals surface area contributed by atoms with E-state index >= 15 is 0 Å². The van der Waals surface area contributed by atoms with Crippen molar-refractivity contribution in [2.45, 2.75) is 32.3 Å². The maximum absolute atomic E-state index is 13.8. The third-order valence-corrected chi connectivity index (χ3v) is 7.27. The second kappa shape index (κ2) is 10.4. The molecule has 1 N–H and O–H groups in total. The van der Waals surface area contributed by atoms with Crippen molar-refractivity contribution < 1.29 is 24.2 Å². The number of anilines is 1. The van der Waals surface area contributed by atoms with Crippen LogP contribution in [0.15, 0.2) is 89.2 Å². The van der Waals surface area contributed by atoms with Crippen molar-refractivity contribution in [1.29, 1.82) is 0 Å². The molecule has 3 unspecified atom stereocenters. The van der Waals surface area contributed by atoms with Gasteiger partial charge in [-0.1, -0.05) is 54.1 Å². The quantitative estimate of drug-likeness (QED) is 0.415. The van der Waals surface area contributed by atoms with Gasteiger partial charge in [0.15, 0.2) is 17.3 Å². The lowest BCUT2D eigenvalue weighted by molar-refractivity contribution is -0.121. The molecule has 0 spiro atoms. The average molecular weight is 531 g/mol. The van der Waals surface area contributed by atoms with E-state index in [-0.39, 0.29) is 23.7 Å². The van der Waals surface area contributed by atoms with Gasteiger partial charge in [-0.2, -0.15) is 5.10 Å². The number of benzene rings is 3. The number of hydrogen-bond acceptors (Lipinski definition) is 6. The lowest BCUT2D eigenvalue weighted by atomic mass is 9.78. The average Bonchev–Trinajstić information content (AvgIpc) is 3.21. The Morgan fingerprint density at radius 3 is 2.47 bits per heavy atom. The highest BCUT2D eigenvalue weighted by Crippen LogP contribution is 2.45. The molecular formula is C30H27ClN2O5. The number of fused-ring (bicyclic) bond motifs is 1. The molecule has 2 heterocycles. The summed E-state index contributed by atoms with van der Waals surface area (Å²) in [5.74, 6) is -0.596. The molecule has 5 rings (SSSR count). The van der Waals surface area contributed by atoms with Crippen LogP contribution in [0.1, 0.15) is 43.4 Å². The normalized spacial score (nSPS) is 19.6. The van der Waals surface area contributed by atoms with Crippen molar-refractivity contribution in [3.8, 4) is 11.5 Å². The molecule has 3 atom stereocenters. The zero-order chi connectivity index (χ0) is 27.0. The first kappa shape index (κ1) is 25.7. The molecular weight excluding hydrogens is 504 g/mol. The molecule has 7 nitrogen and oxygen atoms in total. The molecule has 0 saturated carbocycles. The second-order valence-electron chi connectivity index (χ2n) is 9.34. The van der Waals surface area contributed by atoms with Gasteiger partial charge < -0.3 is 14.6 Å². The standard InChI is InChI=1S/C30H27ClN2O5/c1-17-26(30(36)33(32-17)21-8-5-4-6-9-21)23(19-12-14-20(31)15-13-19)16-24(34)27-18(2)38-29-22(28(27)35)10-7-11-25(29)37-3/h4-15,23,26,28,35H,16H2,1-3H3. The molecule has 0 fully saturated rings. The van der Waals surface area contributed by atoms with E-state index in [1.54, 1.807) is 44.2 Å². The molecule has 3 aromatic rings. The maximum atomic E-state index is 13.8. The summed E-state index contributed by atoms with van der Waals surface area (Å²) in [5, 5.41) is 17.7. The molecule has 3 aromatic carbocycles. The number of para-hydroxylation sites is 2. The number of allylic oxidation sites excluding steroid dienone is 1. The van der Waals surface area contributed by atoms with E-state index in [1.165, 1.54) is 12.1 Å². The van der Waals surface area contributed by atoms with Crippen LogP contribution in [0.5, 0.6) is 11.5 Å². The summed E-state index contributed by atoms with van der Waals surface area (Å²) in [5.41, 5.74) is 2.64. The highest BCUT2D eigenvalue weighted by Gasteiger charge is 2.43. The van der Waals surface area contributed by atoms with Crippen LogP contribution >= 0.6 is 11.6 Å². The van der Waals surface area contributed by atoms with E-state index in [0.717, 1.165) is 5.56 Å². The first-order valence-corrected chi connectivity index (χ1v) is 12.6. The summed E-state index contributed by atoms with van der Waals surface area (Å²) in [4.78, 5) is 27.5. The molecule has 0 aromatic heterocycles. The molecule has 2 aliphatic heterocycles. The van der Waals surface area contributed by atoms with E-state index in [1.807, 2.05) is 42.5 Å². The molecule has 0 bridgehead atoms. The second-order valence-corrected chi connectivity index (χ2v) is 9.78. The molecule has 194 valence electrons. The van der Waals surface area contributed by atoms with Gasteiger partial charge in [0.05, 0.1) is 24.3 Å². The van der Waals surface area contributed by atoms with E-state index in [9.17, 15) is 14.7 Å². The Labute approximate surface area is 225 Å². The van der Waals surface area contributed by atoms with Gasteiger partial charge in [-0.15, -0.1) is 0 Å². The van der Waals surface area contributed by atoms with E-state index in [2.05, 4.69) is 5.10 Å². The van der Waals surface area contributed by atoms with Gasteiger partial charge in [0.25, 0.3) is 5.91 Å². The Bertz CT molecular complexity index is 1450. The zero-order valence-corrected chi connectivity index (χ0v) is 22.0. The van der Waals surface area contributed by atoms with Crippen LogP contribution in [-0.4, -0.2) is 29.6 Å². The molecule has 8 heteroatoms. The fraction of sp³-hybridized carbons (Fsp3) is 0.233. The van der Waals surface area contributed by atoms with Crippen molar-refractivity contribution >= 4 is 34.7 Å². The third-order valence-electron chi connectivity index (χ3n) is 7.02. The lowest BCUT2D eigenvalue weighted by Crippen LogP contribution is -2.33. The van der Waals surface area contributed by atoms with Crippen molar-refractivity contribution in [3.63, 3.8) is 0 Å². The van der Waals surface area contributed by atoms with Crippen molar-refractivity contribution in [2.75, 3.05) is 12.1 Å². The van der Waals surface area contributed by atoms with Crippen molar-refractivity contribution in [3.05, 3.63) is 100 Å². The third kappa shape index (κ3) is 4.59. The summed E-state index contributed by atoms with van der Waals surface area (Å²) < 4.78 is 11.3. The number of carbonyl (C=O) groups is 2. The minimum Gasteiger partial charge on any atom is -0.493 e. The SMILES string of the molecule is COc1cccc2c1OC(C)=C(C(=O)CC(c1ccc(Cl)cc1)C1C(=O)N(c3ccccc3)N=C1C)C2O. The summed E-state index contributed by atoms with van der Waals surface area (Å²) in [6.45, 7) is 3.44. The van der Waals surface area contributed by atoms with E-state index in [0.29, 0.717) is 39.2 Å². The number of carbonyl (C=O) groups excluding carboxylic acids is 2. The fourth-order valence-electron chi connectivity index (χ4n) is 5.17. The van der Waals surface area contributed by atoms with Crippen LogP contribution < -0.4 is 14.5 Å². The van der Waals surface area contributed by atoms with Gasteiger partial charge in [-0.05, 0) is 49.7 Å². The van der Waals surface area contributed by atoms with Crippen LogP contribution in [0.3, 0.4) is 0 Å². The monoisotopic (exact) mass is 530 g/mol. The Hall–Kier alpha value is -3.94. The van der Waals surface area contributed by atoms with Crippen LogP contribution in [0.2, 0.25) is 5.02 Å². The lowest BCUT2D eigenvalue weighted by Gasteiger charge is -2.29. The van der Waals surface area contributed by atoms with Gasteiger partial charge in [-0.3, -0.25) is 9.59 Å². The number of hydrogen-bond donors (Lipinski definition) is 1. The van der Waals surface area contributed by atoms with Crippen molar-refractivity contribution in [2.24, 2.45) is 11.0 Å². The first-order chi connectivity index (χ1) is 18.3. The summed E-state index contributed by atoms with van der Waals surface area (Å²) in [7, 11) is 1.52. The largest absolute Gasteiger partial charge is 0.493 e. The predicted octanol–water partition coefficient (Wildman–Crippen LogP) is 5.83. The topological polar surface area (TPSA) is 88.4 Å². The minimum absolute atomic E-state index is 0.0417. The predicted molar refractivity (Wildman–Crippen MR) is 146 cm³/mol. The minimum atomic E-state index is -1.19. The van der Waals surface area contributed by atoms with Gasteiger partial charge in [0.2, 0.25) is 0 Å². The molecule has 2 aliphatic rings. The molecule has 0 radical (unpaired) electrons. The number of ether oxygens (including phenoxy) is 2. The van der Waals surface area contributed by atoms with Crippen LogP contribution in [0.25, 0.3) is 0 Å².